The average Bonchev–Trinajstić information content (AvgIpc) is 3.75. The van der Waals surface area contributed by atoms with Crippen LogP contribution in [0.2, 0.25) is 0 Å². The maximum atomic E-state index is 15.4. The van der Waals surface area contributed by atoms with Gasteiger partial charge < -0.3 is 5.73 Å². The fraction of sp³-hybridized carbons (Fsp3) is 0.273. The highest BCUT2D eigenvalue weighted by atomic mass is 32.2. The van der Waals surface area contributed by atoms with Crippen LogP contribution in [-0.2, 0) is 22.0 Å². The number of nitrogens with two attached hydrogens (primary N) is 1. The summed E-state index contributed by atoms with van der Waals surface area (Å²) in [6.07, 6.45) is 9.18. The molecule has 11 heteroatoms. The molecule has 9 nitrogen and oxygen atoms in total. The van der Waals surface area contributed by atoms with E-state index in [1.807, 2.05) is 24.3 Å². The summed E-state index contributed by atoms with van der Waals surface area (Å²) < 4.78 is 45.4. The molecule has 3 heterocycles. The van der Waals surface area contributed by atoms with Crippen molar-refractivity contribution in [3.05, 3.63) is 113 Å². The zero-order valence-electron chi connectivity index (χ0n) is 24.5. The van der Waals surface area contributed by atoms with Crippen LogP contribution < -0.4 is 10.5 Å². The first-order valence-electron chi connectivity index (χ1n) is 14.5. The van der Waals surface area contributed by atoms with E-state index in [2.05, 4.69) is 19.8 Å². The lowest BCUT2D eigenvalue weighted by molar-refractivity contribution is 0.0984. The molecular weight excluding hydrogens is 579 g/mol. The Morgan fingerprint density at radius 2 is 1.82 bits per heavy atom. The summed E-state index contributed by atoms with van der Waals surface area (Å²) in [6.45, 7) is 1.78. The summed E-state index contributed by atoms with van der Waals surface area (Å²) in [4.78, 5) is 22.1. The molecule has 1 aliphatic rings. The Balaban J connectivity index is 1.39. The van der Waals surface area contributed by atoms with E-state index in [1.54, 1.807) is 55.8 Å². The first-order valence-corrected chi connectivity index (χ1v) is 16.3. The lowest BCUT2D eigenvalue weighted by Crippen LogP contribution is -2.46. The number of anilines is 1. The van der Waals surface area contributed by atoms with Crippen molar-refractivity contribution in [2.24, 2.45) is 5.92 Å². The van der Waals surface area contributed by atoms with E-state index >= 15 is 4.39 Å². The molecule has 0 radical (unpaired) electrons. The second kappa shape index (κ2) is 11.5. The van der Waals surface area contributed by atoms with Crippen LogP contribution in [0.3, 0.4) is 0 Å². The minimum absolute atomic E-state index is 0.157. The number of nitrogens with zero attached hydrogens (tertiary/aromatic N) is 4. The van der Waals surface area contributed by atoms with Crippen LogP contribution in [0.1, 0.15) is 58.6 Å². The number of carbonyl (C=O) groups excluding carboxylic acids is 1. The van der Waals surface area contributed by atoms with Crippen molar-refractivity contribution < 1.29 is 17.6 Å². The molecule has 3 aromatic heterocycles. The van der Waals surface area contributed by atoms with E-state index in [4.69, 9.17) is 5.73 Å². The monoisotopic (exact) mass is 612 g/mol. The molecule has 1 saturated carbocycles. The van der Waals surface area contributed by atoms with Gasteiger partial charge in [0.2, 0.25) is 10.0 Å². The topological polar surface area (TPSA) is 133 Å². The van der Waals surface area contributed by atoms with Crippen LogP contribution in [0.5, 0.6) is 0 Å². The number of nitrogen functional groups attached to an aromatic ring is 1. The number of nitrogens with one attached hydrogen (secondary N) is 1. The third-order valence-corrected chi connectivity index (χ3v) is 8.91. The van der Waals surface area contributed by atoms with Gasteiger partial charge in [-0.25, -0.2) is 27.2 Å². The molecule has 3 N–H and O–H groups in total. The van der Waals surface area contributed by atoms with E-state index in [-0.39, 0.29) is 23.5 Å². The molecule has 2 aromatic carbocycles. The van der Waals surface area contributed by atoms with E-state index in [9.17, 15) is 13.2 Å². The fourth-order valence-corrected chi connectivity index (χ4v) is 6.82. The Hall–Kier alpha value is -4.48. The van der Waals surface area contributed by atoms with E-state index in [0.29, 0.717) is 40.7 Å². The van der Waals surface area contributed by atoms with Crippen molar-refractivity contribution in [1.82, 2.24) is 24.5 Å². The van der Waals surface area contributed by atoms with Crippen LogP contribution in [-0.4, -0.2) is 40.2 Å². The number of hydrogen-bond acceptors (Lipinski definition) is 7. The first-order chi connectivity index (χ1) is 21.0. The summed E-state index contributed by atoms with van der Waals surface area (Å²) >= 11 is 0. The number of carbonyl (C=O) groups is 1. The summed E-state index contributed by atoms with van der Waals surface area (Å²) in [7, 11) is -3.70. The number of fused-ring (bicyclic) bond motifs is 1. The van der Waals surface area contributed by atoms with Gasteiger partial charge in [0, 0.05) is 30.4 Å². The number of Topliss-reactive ketones (excluding diaryl/α,β-unsaturated/α-hetero) is 1. The standard InChI is InChI=1S/C33H33FN6O3S/c1-21-17-30(40(38-21)27-7-5-23-10-16-37-32(35)28(23)20-27)31(41)19-24-18-26(6-8-29(24)34)33(39-44(2,42)43,13-9-22-3-4-22)25-11-14-36-15-12-25/h5-8,10-12,14-18,20,22,39H,3-4,9,13,19H2,1-2H3,(H2,35,37). The van der Waals surface area contributed by atoms with Crippen LogP contribution >= 0.6 is 0 Å². The van der Waals surface area contributed by atoms with Crippen LogP contribution in [0, 0.1) is 18.7 Å². The number of aryl methyl sites for hydroxylation is 1. The molecule has 1 fully saturated rings. The van der Waals surface area contributed by atoms with Crippen LogP contribution in [0.25, 0.3) is 16.5 Å². The van der Waals surface area contributed by atoms with Crippen molar-refractivity contribution in [3.8, 4) is 5.69 Å². The lowest BCUT2D eigenvalue weighted by atomic mass is 9.79. The van der Waals surface area contributed by atoms with E-state index in [0.717, 1.165) is 36.3 Å². The Kier molecular flexibility index (Phi) is 7.77. The number of hydrogen-bond donors (Lipinski definition) is 2. The van der Waals surface area contributed by atoms with Gasteiger partial charge in [0.1, 0.15) is 17.3 Å². The third kappa shape index (κ3) is 6.11. The SMILES string of the molecule is Cc1cc(C(=O)Cc2cc(C(CCC3CC3)(NS(C)(=O)=O)c3ccncc3)ccc2F)n(-c2ccc3ccnc(N)c3c2)n1. The molecule has 0 amide bonds. The predicted molar refractivity (Wildman–Crippen MR) is 167 cm³/mol. The van der Waals surface area contributed by atoms with Gasteiger partial charge in [-0.15, -0.1) is 0 Å². The second-order valence-electron chi connectivity index (χ2n) is 11.6. The number of ketones is 1. The van der Waals surface area contributed by atoms with Crippen molar-refractivity contribution in [2.75, 3.05) is 12.0 Å². The molecule has 1 unspecified atom stereocenters. The molecule has 1 aliphatic carbocycles. The third-order valence-electron chi connectivity index (χ3n) is 8.19. The smallest absolute Gasteiger partial charge is 0.209 e. The first kappa shape index (κ1) is 29.6. The van der Waals surface area contributed by atoms with Gasteiger partial charge in [-0.05, 0) is 90.2 Å². The highest BCUT2D eigenvalue weighted by molar-refractivity contribution is 7.88. The highest BCUT2D eigenvalue weighted by Crippen LogP contribution is 2.42. The zero-order chi connectivity index (χ0) is 31.1. The maximum absolute atomic E-state index is 15.4. The molecular formula is C33H33FN6O3S. The quantitative estimate of drug-likeness (QED) is 0.195. The maximum Gasteiger partial charge on any atom is 0.209 e. The molecule has 44 heavy (non-hydrogen) atoms. The number of halogens is 1. The minimum atomic E-state index is -3.70. The molecule has 0 bridgehead atoms. The minimum Gasteiger partial charge on any atom is -0.383 e. The number of benzene rings is 2. The van der Waals surface area contributed by atoms with E-state index < -0.39 is 21.4 Å². The Labute approximate surface area is 255 Å². The zero-order valence-corrected chi connectivity index (χ0v) is 25.3. The average molecular weight is 613 g/mol. The van der Waals surface area contributed by atoms with Crippen molar-refractivity contribution in [1.29, 1.82) is 0 Å². The van der Waals surface area contributed by atoms with Crippen molar-refractivity contribution in [2.45, 2.75) is 44.6 Å². The van der Waals surface area contributed by atoms with Gasteiger partial charge in [-0.3, -0.25) is 9.78 Å². The molecule has 0 aliphatic heterocycles. The van der Waals surface area contributed by atoms with Crippen molar-refractivity contribution in [3.63, 3.8) is 0 Å². The van der Waals surface area contributed by atoms with Gasteiger partial charge in [0.25, 0.3) is 0 Å². The molecule has 226 valence electrons. The highest BCUT2D eigenvalue weighted by Gasteiger charge is 2.39. The number of rotatable bonds is 11. The van der Waals surface area contributed by atoms with E-state index in [1.165, 1.54) is 10.7 Å². The summed E-state index contributed by atoms with van der Waals surface area (Å²) in [5.74, 6) is -0.0185. The van der Waals surface area contributed by atoms with Gasteiger partial charge in [-0.1, -0.05) is 31.0 Å². The molecule has 6 rings (SSSR count). The van der Waals surface area contributed by atoms with Gasteiger partial charge in [-0.2, -0.15) is 5.10 Å². The molecule has 1 atom stereocenters. The van der Waals surface area contributed by atoms with Crippen LogP contribution in [0.4, 0.5) is 10.2 Å². The van der Waals surface area contributed by atoms with Gasteiger partial charge >= 0.3 is 0 Å². The largest absolute Gasteiger partial charge is 0.383 e. The Morgan fingerprint density at radius 1 is 1.05 bits per heavy atom. The van der Waals surface area contributed by atoms with Crippen LogP contribution in [0.15, 0.2) is 79.3 Å². The molecule has 5 aromatic rings. The number of sulfonamides is 1. The number of pyridine rings is 2. The Bertz CT molecular complexity index is 1970. The molecule has 0 spiro atoms. The summed E-state index contributed by atoms with van der Waals surface area (Å²) in [6, 6.07) is 17.1. The lowest BCUT2D eigenvalue weighted by Gasteiger charge is -2.36. The fourth-order valence-electron chi connectivity index (χ4n) is 5.85. The second-order valence-corrected chi connectivity index (χ2v) is 13.3. The number of aromatic nitrogens is 4. The Morgan fingerprint density at radius 3 is 2.55 bits per heavy atom. The van der Waals surface area contributed by atoms with Crippen molar-refractivity contribution >= 4 is 32.4 Å². The predicted octanol–water partition coefficient (Wildman–Crippen LogP) is 5.25. The normalized spacial score (nSPS) is 14.9. The molecule has 0 saturated heterocycles. The summed E-state index contributed by atoms with van der Waals surface area (Å²) in [5.41, 5.74) is 7.88. The van der Waals surface area contributed by atoms with Gasteiger partial charge in [0.05, 0.1) is 23.2 Å². The summed E-state index contributed by atoms with van der Waals surface area (Å²) in [5, 5.41) is 6.18. The van der Waals surface area contributed by atoms with Gasteiger partial charge in [0.15, 0.2) is 5.78 Å².